The number of unbranched alkanes of at least 4 members (excludes halogenated alkanes) is 1. The Morgan fingerprint density at radius 2 is 2.29 bits per heavy atom. The second-order valence-corrected chi connectivity index (χ2v) is 4.46. The molecule has 0 saturated heterocycles. The molecular formula is C15H20N2. The third-order valence-electron chi connectivity index (χ3n) is 3.16. The fourth-order valence-electron chi connectivity index (χ4n) is 2.21. The van der Waals surface area contributed by atoms with Crippen molar-refractivity contribution in [3.05, 3.63) is 47.9 Å². The molecule has 2 heteroatoms. The van der Waals surface area contributed by atoms with Crippen LogP contribution >= 0.6 is 0 Å². The minimum atomic E-state index is 0.960. The maximum atomic E-state index is 4.21. The Morgan fingerprint density at radius 1 is 1.41 bits per heavy atom. The maximum absolute atomic E-state index is 4.21. The van der Waals surface area contributed by atoms with E-state index < -0.39 is 0 Å². The van der Waals surface area contributed by atoms with Gasteiger partial charge in [0, 0.05) is 18.4 Å². The highest BCUT2D eigenvalue weighted by Crippen LogP contribution is 2.27. The summed E-state index contributed by atoms with van der Waals surface area (Å²) < 4.78 is 0. The molecule has 0 aromatic carbocycles. The lowest BCUT2D eigenvalue weighted by Crippen LogP contribution is -2.26. The number of hydrogen-bond donors (Lipinski definition) is 0. The highest BCUT2D eigenvalue weighted by molar-refractivity contribution is 5.54. The summed E-state index contributed by atoms with van der Waals surface area (Å²) in [6, 6.07) is 4.13. The van der Waals surface area contributed by atoms with Crippen LogP contribution in [0.3, 0.4) is 0 Å². The van der Waals surface area contributed by atoms with Gasteiger partial charge in [0.05, 0.1) is 11.9 Å². The van der Waals surface area contributed by atoms with Crippen LogP contribution in [0.15, 0.2) is 47.9 Å². The second kappa shape index (κ2) is 5.67. The smallest absolute Gasteiger partial charge is 0.0597 e. The van der Waals surface area contributed by atoms with Crippen LogP contribution in [0.25, 0.3) is 0 Å². The van der Waals surface area contributed by atoms with E-state index in [4.69, 9.17) is 0 Å². The molecule has 0 unspecified atom stereocenters. The molecule has 0 bridgehead atoms. The lowest BCUT2D eigenvalue weighted by molar-refractivity contribution is 0.748. The number of anilines is 1. The van der Waals surface area contributed by atoms with Crippen LogP contribution in [0.4, 0.5) is 5.69 Å². The van der Waals surface area contributed by atoms with Crippen molar-refractivity contribution in [3.8, 4) is 0 Å². The lowest BCUT2D eigenvalue weighted by Gasteiger charge is -2.30. The molecule has 1 aromatic heterocycles. The first-order valence-corrected chi connectivity index (χ1v) is 6.36. The molecule has 0 aliphatic carbocycles. The Labute approximate surface area is 104 Å². The zero-order chi connectivity index (χ0) is 12.1. The molecule has 2 nitrogen and oxygen atoms in total. The zero-order valence-corrected chi connectivity index (χ0v) is 10.7. The predicted octanol–water partition coefficient (Wildman–Crippen LogP) is 3.92. The Morgan fingerprint density at radius 3 is 3.00 bits per heavy atom. The lowest BCUT2D eigenvalue weighted by atomic mass is 10.0. The summed E-state index contributed by atoms with van der Waals surface area (Å²) in [6.07, 6.45) is 11.9. The van der Waals surface area contributed by atoms with Crippen LogP contribution in [0.1, 0.15) is 33.1 Å². The SMILES string of the molecule is CCCCC1=C(C)C=CCN1c1cccnc1. The van der Waals surface area contributed by atoms with Gasteiger partial charge in [-0.05, 0) is 37.5 Å². The van der Waals surface area contributed by atoms with Crippen molar-refractivity contribution in [3.63, 3.8) is 0 Å². The summed E-state index contributed by atoms with van der Waals surface area (Å²) in [7, 11) is 0. The second-order valence-electron chi connectivity index (χ2n) is 4.46. The molecule has 0 radical (unpaired) electrons. The summed E-state index contributed by atoms with van der Waals surface area (Å²) >= 11 is 0. The van der Waals surface area contributed by atoms with Gasteiger partial charge in [0.25, 0.3) is 0 Å². The van der Waals surface area contributed by atoms with Crippen molar-refractivity contribution in [2.45, 2.75) is 33.1 Å². The Hall–Kier alpha value is -1.57. The van der Waals surface area contributed by atoms with Crippen LogP contribution in [0, 0.1) is 0 Å². The van der Waals surface area contributed by atoms with Crippen molar-refractivity contribution >= 4 is 5.69 Å². The number of hydrogen-bond acceptors (Lipinski definition) is 2. The molecule has 0 amide bonds. The van der Waals surface area contributed by atoms with E-state index in [1.807, 2.05) is 18.5 Å². The third-order valence-corrected chi connectivity index (χ3v) is 3.16. The van der Waals surface area contributed by atoms with E-state index in [0.29, 0.717) is 0 Å². The largest absolute Gasteiger partial charge is 0.340 e. The molecule has 0 spiro atoms. The third kappa shape index (κ3) is 2.76. The van der Waals surface area contributed by atoms with Gasteiger partial charge in [0.1, 0.15) is 0 Å². The minimum Gasteiger partial charge on any atom is -0.340 e. The molecule has 17 heavy (non-hydrogen) atoms. The summed E-state index contributed by atoms with van der Waals surface area (Å²) in [4.78, 5) is 6.58. The average molecular weight is 228 g/mol. The quantitative estimate of drug-likeness (QED) is 0.776. The van der Waals surface area contributed by atoms with E-state index in [1.165, 1.54) is 29.8 Å². The highest BCUT2D eigenvalue weighted by atomic mass is 15.1. The van der Waals surface area contributed by atoms with Gasteiger partial charge in [-0.3, -0.25) is 4.98 Å². The molecule has 1 aliphatic heterocycles. The van der Waals surface area contributed by atoms with E-state index in [9.17, 15) is 0 Å². The Kier molecular flexibility index (Phi) is 3.97. The molecule has 1 aliphatic rings. The van der Waals surface area contributed by atoms with E-state index in [2.05, 4.69) is 41.9 Å². The first-order chi connectivity index (χ1) is 8.33. The van der Waals surface area contributed by atoms with E-state index in [1.54, 1.807) is 0 Å². The molecule has 90 valence electrons. The number of nitrogens with zero attached hydrogens (tertiary/aromatic N) is 2. The standard InChI is InChI=1S/C15H20N2/c1-3-4-9-15-13(2)7-6-11-17(15)14-8-5-10-16-12-14/h5-8,10,12H,3-4,9,11H2,1-2H3. The summed E-state index contributed by atoms with van der Waals surface area (Å²) in [5.74, 6) is 0. The molecule has 2 rings (SSSR count). The number of allylic oxidation sites excluding steroid dienone is 3. The van der Waals surface area contributed by atoms with Gasteiger partial charge in [-0.15, -0.1) is 0 Å². The molecular weight excluding hydrogens is 208 g/mol. The molecule has 0 N–H and O–H groups in total. The van der Waals surface area contributed by atoms with E-state index in [0.717, 1.165) is 13.0 Å². The molecule has 0 atom stereocenters. The van der Waals surface area contributed by atoms with E-state index in [-0.39, 0.29) is 0 Å². The van der Waals surface area contributed by atoms with Gasteiger partial charge in [0.15, 0.2) is 0 Å². The van der Waals surface area contributed by atoms with Gasteiger partial charge in [-0.25, -0.2) is 0 Å². The Bertz CT molecular complexity index is 418. The van der Waals surface area contributed by atoms with Gasteiger partial charge in [-0.2, -0.15) is 0 Å². The van der Waals surface area contributed by atoms with Crippen LogP contribution in [-0.4, -0.2) is 11.5 Å². The van der Waals surface area contributed by atoms with E-state index >= 15 is 0 Å². The molecule has 2 heterocycles. The fraction of sp³-hybridized carbons (Fsp3) is 0.400. The monoisotopic (exact) mass is 228 g/mol. The van der Waals surface area contributed by atoms with Crippen LogP contribution in [0.5, 0.6) is 0 Å². The fourth-order valence-corrected chi connectivity index (χ4v) is 2.21. The summed E-state index contributed by atoms with van der Waals surface area (Å²) in [5.41, 5.74) is 4.03. The van der Waals surface area contributed by atoms with Crippen molar-refractivity contribution < 1.29 is 0 Å². The average Bonchev–Trinajstić information content (AvgIpc) is 2.38. The first kappa shape index (κ1) is 11.9. The van der Waals surface area contributed by atoms with Gasteiger partial charge < -0.3 is 4.90 Å². The maximum Gasteiger partial charge on any atom is 0.0597 e. The van der Waals surface area contributed by atoms with Crippen LogP contribution in [-0.2, 0) is 0 Å². The van der Waals surface area contributed by atoms with Crippen LogP contribution in [0.2, 0.25) is 0 Å². The molecule has 0 fully saturated rings. The van der Waals surface area contributed by atoms with Crippen LogP contribution < -0.4 is 4.90 Å². The number of rotatable bonds is 4. The number of pyridine rings is 1. The Balaban J connectivity index is 2.25. The van der Waals surface area contributed by atoms with Gasteiger partial charge in [0.2, 0.25) is 0 Å². The molecule has 1 aromatic rings. The topological polar surface area (TPSA) is 16.1 Å². The summed E-state index contributed by atoms with van der Waals surface area (Å²) in [6.45, 7) is 5.40. The molecule has 0 saturated carbocycles. The minimum absolute atomic E-state index is 0.960. The normalized spacial score (nSPS) is 15.5. The zero-order valence-electron chi connectivity index (χ0n) is 10.7. The first-order valence-electron chi connectivity index (χ1n) is 6.36. The van der Waals surface area contributed by atoms with Gasteiger partial charge >= 0.3 is 0 Å². The van der Waals surface area contributed by atoms with Crippen molar-refractivity contribution in [1.29, 1.82) is 0 Å². The highest BCUT2D eigenvalue weighted by Gasteiger charge is 2.15. The van der Waals surface area contributed by atoms with Crippen molar-refractivity contribution in [2.24, 2.45) is 0 Å². The summed E-state index contributed by atoms with van der Waals surface area (Å²) in [5, 5.41) is 0. The van der Waals surface area contributed by atoms with Crippen molar-refractivity contribution in [1.82, 2.24) is 4.98 Å². The number of aromatic nitrogens is 1. The predicted molar refractivity (Wildman–Crippen MR) is 72.9 cm³/mol. The van der Waals surface area contributed by atoms with Crippen molar-refractivity contribution in [2.75, 3.05) is 11.4 Å². The van der Waals surface area contributed by atoms with Gasteiger partial charge in [-0.1, -0.05) is 25.5 Å².